The van der Waals surface area contributed by atoms with Gasteiger partial charge in [0.25, 0.3) is 5.56 Å². The van der Waals surface area contributed by atoms with Crippen LogP contribution in [0.5, 0.6) is 0 Å². The third kappa shape index (κ3) is 1.93. The van der Waals surface area contributed by atoms with E-state index in [-0.39, 0.29) is 10.6 Å². The highest BCUT2D eigenvalue weighted by molar-refractivity contribution is 6.33. The summed E-state index contributed by atoms with van der Waals surface area (Å²) in [4.78, 5) is 16.3. The topological polar surface area (TPSA) is 50.2 Å². The van der Waals surface area contributed by atoms with Crippen LogP contribution < -0.4 is 5.56 Å². The molecule has 0 amide bonds. The predicted molar refractivity (Wildman–Crippen MR) is 76.0 cm³/mol. The highest BCUT2D eigenvalue weighted by Crippen LogP contribution is 2.26. The summed E-state index contributed by atoms with van der Waals surface area (Å²) in [5, 5.41) is 3.68. The summed E-state index contributed by atoms with van der Waals surface area (Å²) < 4.78 is 1.31. The molecule has 0 fully saturated rings. The van der Waals surface area contributed by atoms with Crippen molar-refractivity contribution in [2.24, 2.45) is 0 Å². The first-order valence-electron chi connectivity index (χ1n) is 5.60. The quantitative estimate of drug-likeness (QED) is 0.748. The molecule has 1 N–H and O–H groups in total. The first-order chi connectivity index (χ1) is 9.08. The highest BCUT2D eigenvalue weighted by Gasteiger charge is 2.12. The lowest BCUT2D eigenvalue weighted by molar-refractivity contribution is 0.893. The lowest BCUT2D eigenvalue weighted by atomic mass is 10.1. The van der Waals surface area contributed by atoms with E-state index in [0.29, 0.717) is 16.4 Å². The van der Waals surface area contributed by atoms with Crippen LogP contribution >= 0.6 is 23.2 Å². The first-order valence-corrected chi connectivity index (χ1v) is 6.36. The van der Waals surface area contributed by atoms with Crippen LogP contribution in [0.15, 0.2) is 35.1 Å². The Morgan fingerprint density at radius 2 is 2.00 bits per heavy atom. The molecule has 0 saturated carbocycles. The van der Waals surface area contributed by atoms with Gasteiger partial charge in [-0.15, -0.1) is 0 Å². The minimum atomic E-state index is -0.317. The standard InChI is InChI=1S/C13H9Cl2N3O/c1-7-12(15)13(19)18-11(16-7)6-10(17-18)8-4-2-3-5-9(8)14/h2-6,17H,1H3. The van der Waals surface area contributed by atoms with Gasteiger partial charge in [-0.2, -0.15) is 4.52 Å². The molecule has 96 valence electrons. The second-order valence-electron chi connectivity index (χ2n) is 4.16. The van der Waals surface area contributed by atoms with Crippen LogP contribution in [0, 0.1) is 6.92 Å². The molecule has 0 radical (unpaired) electrons. The van der Waals surface area contributed by atoms with Crippen LogP contribution in [0.3, 0.4) is 0 Å². The molecule has 0 aliphatic heterocycles. The number of hydrogen-bond donors (Lipinski definition) is 1. The molecule has 0 aliphatic carbocycles. The molecule has 2 heterocycles. The molecule has 3 rings (SSSR count). The van der Waals surface area contributed by atoms with Gasteiger partial charge in [0.05, 0.1) is 11.4 Å². The highest BCUT2D eigenvalue weighted by atomic mass is 35.5. The third-order valence-electron chi connectivity index (χ3n) is 2.89. The molecular formula is C13H9Cl2N3O. The molecule has 0 aliphatic rings. The van der Waals surface area contributed by atoms with Crippen molar-refractivity contribution in [1.29, 1.82) is 0 Å². The first kappa shape index (κ1) is 12.3. The monoisotopic (exact) mass is 293 g/mol. The molecular weight excluding hydrogens is 285 g/mol. The Morgan fingerprint density at radius 1 is 1.26 bits per heavy atom. The maximum atomic E-state index is 12.0. The predicted octanol–water partition coefficient (Wildman–Crippen LogP) is 3.30. The van der Waals surface area contributed by atoms with Gasteiger partial charge in [-0.05, 0) is 13.0 Å². The Morgan fingerprint density at radius 3 is 2.74 bits per heavy atom. The molecule has 6 heteroatoms. The summed E-state index contributed by atoms with van der Waals surface area (Å²) in [5.74, 6) is 0. The van der Waals surface area contributed by atoms with Crippen LogP contribution in [0.4, 0.5) is 0 Å². The van der Waals surface area contributed by atoms with Gasteiger partial charge in [-0.1, -0.05) is 41.4 Å². The molecule has 0 saturated heterocycles. The molecule has 0 spiro atoms. The second-order valence-corrected chi connectivity index (χ2v) is 4.94. The lowest BCUT2D eigenvalue weighted by Crippen LogP contribution is -2.16. The normalized spacial score (nSPS) is 11.1. The Hall–Kier alpha value is -1.78. The molecule has 0 bridgehead atoms. The van der Waals surface area contributed by atoms with Gasteiger partial charge in [-0.3, -0.25) is 9.89 Å². The largest absolute Gasteiger partial charge is 0.291 e. The molecule has 0 unspecified atom stereocenters. The Bertz CT molecular complexity index is 836. The smallest absolute Gasteiger partial charge is 0.289 e. The number of aromatic amines is 1. The van der Waals surface area contributed by atoms with Gasteiger partial charge >= 0.3 is 0 Å². The van der Waals surface area contributed by atoms with Crippen molar-refractivity contribution >= 4 is 28.8 Å². The van der Waals surface area contributed by atoms with Crippen molar-refractivity contribution in [3.63, 3.8) is 0 Å². The van der Waals surface area contributed by atoms with Crippen LogP contribution in [0.25, 0.3) is 16.9 Å². The van der Waals surface area contributed by atoms with E-state index in [0.717, 1.165) is 11.3 Å². The number of fused-ring (bicyclic) bond motifs is 1. The summed E-state index contributed by atoms with van der Waals surface area (Å²) in [6.45, 7) is 1.70. The Kier molecular flexibility index (Phi) is 2.84. The average molecular weight is 294 g/mol. The molecule has 2 aromatic heterocycles. The lowest BCUT2D eigenvalue weighted by Gasteiger charge is -1.99. The second kappa shape index (κ2) is 4.40. The van der Waals surface area contributed by atoms with E-state index < -0.39 is 0 Å². The summed E-state index contributed by atoms with van der Waals surface area (Å²) in [7, 11) is 0. The van der Waals surface area contributed by atoms with E-state index in [1.54, 1.807) is 19.1 Å². The van der Waals surface area contributed by atoms with E-state index in [9.17, 15) is 4.79 Å². The third-order valence-corrected chi connectivity index (χ3v) is 3.65. The maximum absolute atomic E-state index is 12.0. The zero-order valence-electron chi connectivity index (χ0n) is 9.95. The Labute approximate surface area is 118 Å². The molecule has 3 aromatic rings. The average Bonchev–Trinajstić information content (AvgIpc) is 2.80. The number of aromatic nitrogens is 3. The van der Waals surface area contributed by atoms with Gasteiger partial charge in [0.1, 0.15) is 5.02 Å². The molecule has 19 heavy (non-hydrogen) atoms. The number of nitrogens with one attached hydrogen (secondary N) is 1. The summed E-state index contributed by atoms with van der Waals surface area (Å²) in [5.41, 5.74) is 2.24. The van der Waals surface area contributed by atoms with Gasteiger partial charge in [0.2, 0.25) is 0 Å². The fourth-order valence-corrected chi connectivity index (χ4v) is 2.30. The fourth-order valence-electron chi connectivity index (χ4n) is 1.93. The van der Waals surface area contributed by atoms with E-state index in [1.807, 2.05) is 18.2 Å². The molecule has 4 nitrogen and oxygen atoms in total. The minimum absolute atomic E-state index is 0.116. The van der Waals surface area contributed by atoms with E-state index in [4.69, 9.17) is 23.2 Å². The molecule has 1 aromatic carbocycles. The van der Waals surface area contributed by atoms with Gasteiger partial charge in [-0.25, -0.2) is 4.98 Å². The van der Waals surface area contributed by atoms with Gasteiger partial charge in [0, 0.05) is 16.7 Å². The maximum Gasteiger partial charge on any atom is 0.291 e. The number of aryl methyl sites for hydroxylation is 1. The van der Waals surface area contributed by atoms with Crippen molar-refractivity contribution in [3.05, 3.63) is 56.4 Å². The van der Waals surface area contributed by atoms with Crippen LogP contribution in [0.2, 0.25) is 10.0 Å². The summed E-state index contributed by atoms with van der Waals surface area (Å²) in [6.07, 6.45) is 0. The number of benzene rings is 1. The zero-order chi connectivity index (χ0) is 13.6. The van der Waals surface area contributed by atoms with Gasteiger partial charge < -0.3 is 0 Å². The van der Waals surface area contributed by atoms with Crippen molar-refractivity contribution in [2.45, 2.75) is 6.92 Å². The summed E-state index contributed by atoms with van der Waals surface area (Å²) >= 11 is 12.0. The van der Waals surface area contributed by atoms with E-state index in [1.165, 1.54) is 4.52 Å². The van der Waals surface area contributed by atoms with Crippen LogP contribution in [0.1, 0.15) is 5.69 Å². The number of hydrogen-bond acceptors (Lipinski definition) is 2. The van der Waals surface area contributed by atoms with Crippen LogP contribution in [-0.2, 0) is 0 Å². The Balaban J connectivity index is 2.32. The van der Waals surface area contributed by atoms with Crippen molar-refractivity contribution < 1.29 is 0 Å². The van der Waals surface area contributed by atoms with Crippen molar-refractivity contribution in [1.82, 2.24) is 14.6 Å². The number of nitrogens with zero attached hydrogens (tertiary/aromatic N) is 2. The van der Waals surface area contributed by atoms with E-state index in [2.05, 4.69) is 10.1 Å². The number of halogens is 2. The minimum Gasteiger partial charge on any atom is -0.289 e. The SMILES string of the molecule is Cc1nc2cc(-c3ccccc3Cl)[nH]n2c(=O)c1Cl. The zero-order valence-corrected chi connectivity index (χ0v) is 11.5. The molecule has 0 atom stereocenters. The van der Waals surface area contributed by atoms with Crippen molar-refractivity contribution in [2.75, 3.05) is 0 Å². The van der Waals surface area contributed by atoms with Gasteiger partial charge in [0.15, 0.2) is 5.65 Å². The fraction of sp³-hybridized carbons (Fsp3) is 0.0769. The summed E-state index contributed by atoms with van der Waals surface area (Å²) in [6, 6.07) is 9.15. The van der Waals surface area contributed by atoms with Crippen LogP contribution in [-0.4, -0.2) is 14.6 Å². The number of H-pyrrole nitrogens is 1. The van der Waals surface area contributed by atoms with E-state index >= 15 is 0 Å². The number of rotatable bonds is 1. The van der Waals surface area contributed by atoms with Crippen molar-refractivity contribution in [3.8, 4) is 11.3 Å².